The van der Waals surface area contributed by atoms with Crippen molar-refractivity contribution in [2.24, 2.45) is 0 Å². The van der Waals surface area contributed by atoms with Crippen molar-refractivity contribution in [2.75, 3.05) is 4.90 Å². The molecule has 0 saturated carbocycles. The second kappa shape index (κ2) is 13.2. The molecule has 1 aromatic heterocycles. The normalized spacial score (nSPS) is 13.0. The van der Waals surface area contributed by atoms with Crippen LogP contribution in [0.2, 0.25) is 0 Å². The smallest absolute Gasteiger partial charge is 0.0726 e. The van der Waals surface area contributed by atoms with E-state index in [0.29, 0.717) is 0 Å². The van der Waals surface area contributed by atoms with E-state index in [1.807, 2.05) is 11.3 Å². The average Bonchev–Trinajstić information content (AvgIpc) is 3.97. The molecule has 0 bridgehead atoms. The van der Waals surface area contributed by atoms with Gasteiger partial charge < -0.3 is 4.90 Å². The zero-order valence-electron chi connectivity index (χ0n) is 33.2. The number of benzene rings is 10. The molecule has 1 heterocycles. The molecule has 11 aromatic rings. The van der Waals surface area contributed by atoms with Gasteiger partial charge in [-0.15, -0.1) is 11.3 Å². The highest BCUT2D eigenvalue weighted by atomic mass is 32.1. The molecule has 0 fully saturated rings. The molecular formula is C59H37NS. The van der Waals surface area contributed by atoms with Gasteiger partial charge in [0.25, 0.3) is 0 Å². The van der Waals surface area contributed by atoms with Crippen LogP contribution in [0.1, 0.15) is 22.3 Å². The lowest BCUT2D eigenvalue weighted by atomic mass is 9.70. The molecule has 1 nitrogen and oxygen atoms in total. The first kappa shape index (κ1) is 34.4. The summed E-state index contributed by atoms with van der Waals surface area (Å²) in [7, 11) is 0. The monoisotopic (exact) mass is 791 g/mol. The third kappa shape index (κ3) is 4.88. The molecule has 0 radical (unpaired) electrons. The third-order valence-electron chi connectivity index (χ3n) is 13.3. The van der Waals surface area contributed by atoms with Crippen LogP contribution in [0.25, 0.3) is 75.5 Å². The van der Waals surface area contributed by atoms with Crippen molar-refractivity contribution in [1.29, 1.82) is 0 Å². The zero-order valence-corrected chi connectivity index (χ0v) is 34.0. The SMILES string of the molecule is c1ccc(-c2ccc(-c3cccc(N(c4cccc5c4-c4ccccc4C54c5ccccc5-c5ccccc54)c4cccc5c4sc4ccc6ccccc6c45)c3)cc2)cc1. The molecular weight excluding hydrogens is 755 g/mol. The first-order valence-electron chi connectivity index (χ1n) is 21.1. The van der Waals surface area contributed by atoms with Crippen molar-refractivity contribution in [2.45, 2.75) is 5.41 Å². The van der Waals surface area contributed by atoms with E-state index in [1.165, 1.54) is 109 Å². The van der Waals surface area contributed by atoms with Crippen LogP contribution in [-0.4, -0.2) is 0 Å². The summed E-state index contributed by atoms with van der Waals surface area (Å²) in [6.07, 6.45) is 0. The van der Waals surface area contributed by atoms with Crippen LogP contribution in [0, 0.1) is 0 Å². The predicted molar refractivity (Wildman–Crippen MR) is 259 cm³/mol. The minimum absolute atomic E-state index is 0.439. The molecule has 0 N–H and O–H groups in total. The topological polar surface area (TPSA) is 3.24 Å². The van der Waals surface area contributed by atoms with Crippen LogP contribution in [0.15, 0.2) is 224 Å². The van der Waals surface area contributed by atoms with Crippen molar-refractivity contribution in [3.8, 4) is 44.5 Å². The van der Waals surface area contributed by atoms with Gasteiger partial charge in [-0.1, -0.05) is 194 Å². The van der Waals surface area contributed by atoms with E-state index in [-0.39, 0.29) is 0 Å². The number of hydrogen-bond acceptors (Lipinski definition) is 2. The van der Waals surface area contributed by atoms with E-state index in [9.17, 15) is 0 Å². The van der Waals surface area contributed by atoms with Crippen molar-refractivity contribution >= 4 is 59.3 Å². The molecule has 2 aliphatic rings. The summed E-state index contributed by atoms with van der Waals surface area (Å²) >= 11 is 1.90. The highest BCUT2D eigenvalue weighted by molar-refractivity contribution is 7.26. The number of anilines is 3. The third-order valence-corrected chi connectivity index (χ3v) is 14.5. The summed E-state index contributed by atoms with van der Waals surface area (Å²) in [5.41, 5.74) is 18.4. The summed E-state index contributed by atoms with van der Waals surface area (Å²) in [4.78, 5) is 2.56. The number of nitrogens with zero attached hydrogens (tertiary/aromatic N) is 1. The Morgan fingerprint density at radius 2 is 0.902 bits per heavy atom. The fraction of sp³-hybridized carbons (Fsp3) is 0.0169. The number of fused-ring (bicyclic) bond motifs is 15. The van der Waals surface area contributed by atoms with E-state index < -0.39 is 5.41 Å². The summed E-state index contributed by atoms with van der Waals surface area (Å²) in [6, 6.07) is 83.4. The number of rotatable bonds is 5. The summed E-state index contributed by atoms with van der Waals surface area (Å²) in [6.45, 7) is 0. The van der Waals surface area contributed by atoms with Crippen molar-refractivity contribution in [3.63, 3.8) is 0 Å². The minimum atomic E-state index is -0.439. The van der Waals surface area contributed by atoms with Crippen LogP contribution < -0.4 is 4.90 Å². The molecule has 61 heavy (non-hydrogen) atoms. The second-order valence-electron chi connectivity index (χ2n) is 16.3. The Kier molecular flexibility index (Phi) is 7.46. The fourth-order valence-corrected chi connectivity index (χ4v) is 12.0. The quantitative estimate of drug-likeness (QED) is 0.168. The predicted octanol–water partition coefficient (Wildman–Crippen LogP) is 16.4. The molecule has 2 aliphatic carbocycles. The highest BCUT2D eigenvalue weighted by Crippen LogP contribution is 2.65. The van der Waals surface area contributed by atoms with Crippen LogP contribution in [0.5, 0.6) is 0 Å². The van der Waals surface area contributed by atoms with Gasteiger partial charge in [0, 0.05) is 26.7 Å². The van der Waals surface area contributed by atoms with Gasteiger partial charge in [0.15, 0.2) is 0 Å². The molecule has 284 valence electrons. The maximum absolute atomic E-state index is 2.56. The second-order valence-corrected chi connectivity index (χ2v) is 17.4. The van der Waals surface area contributed by atoms with E-state index in [1.54, 1.807) is 0 Å². The van der Waals surface area contributed by atoms with E-state index in [4.69, 9.17) is 0 Å². The average molecular weight is 792 g/mol. The van der Waals surface area contributed by atoms with Crippen LogP contribution in [0.4, 0.5) is 17.1 Å². The summed E-state index contributed by atoms with van der Waals surface area (Å²) in [5.74, 6) is 0. The van der Waals surface area contributed by atoms with Crippen molar-refractivity contribution in [1.82, 2.24) is 0 Å². The van der Waals surface area contributed by atoms with Gasteiger partial charge in [-0.3, -0.25) is 0 Å². The van der Waals surface area contributed by atoms with Gasteiger partial charge >= 0.3 is 0 Å². The Morgan fingerprint density at radius 3 is 1.67 bits per heavy atom. The first-order valence-corrected chi connectivity index (χ1v) is 21.9. The van der Waals surface area contributed by atoms with Crippen molar-refractivity contribution in [3.05, 3.63) is 247 Å². The zero-order chi connectivity index (χ0) is 40.1. The van der Waals surface area contributed by atoms with Gasteiger partial charge in [-0.2, -0.15) is 0 Å². The van der Waals surface area contributed by atoms with E-state index in [0.717, 1.165) is 5.69 Å². The molecule has 0 atom stereocenters. The van der Waals surface area contributed by atoms with Crippen LogP contribution in [-0.2, 0) is 5.41 Å². The standard InChI is InChI=1S/C59H37NS/c1-2-15-38(16-3-1)39-31-33-40(34-32-39)42-18-12-19-43(37-42)60(54-30-13-24-48-56-44-20-5-4-17-41(44)35-36-55(56)61-58(48)54)53-29-14-28-52-57(53)47-23-8-11-27-51(47)59(52)49-25-9-6-21-45(49)46-22-7-10-26-50(46)59/h1-37H. The van der Waals surface area contributed by atoms with Gasteiger partial charge in [0.05, 0.1) is 21.5 Å². The summed E-state index contributed by atoms with van der Waals surface area (Å²) < 4.78 is 2.58. The van der Waals surface area contributed by atoms with E-state index in [2.05, 4.69) is 229 Å². The van der Waals surface area contributed by atoms with Gasteiger partial charge in [0.1, 0.15) is 0 Å². The number of hydrogen-bond donors (Lipinski definition) is 0. The first-order chi connectivity index (χ1) is 30.3. The van der Waals surface area contributed by atoms with Crippen molar-refractivity contribution < 1.29 is 0 Å². The molecule has 0 amide bonds. The Bertz CT molecular complexity index is 3490. The van der Waals surface area contributed by atoms with Gasteiger partial charge in [0.2, 0.25) is 0 Å². The fourth-order valence-electron chi connectivity index (χ4n) is 10.8. The van der Waals surface area contributed by atoms with Crippen LogP contribution in [0.3, 0.4) is 0 Å². The molecule has 13 rings (SSSR count). The molecule has 0 aliphatic heterocycles. The maximum atomic E-state index is 2.56. The molecule has 1 spiro atoms. The Balaban J connectivity index is 1.09. The van der Waals surface area contributed by atoms with Gasteiger partial charge in [-0.25, -0.2) is 0 Å². The minimum Gasteiger partial charge on any atom is -0.308 e. The molecule has 0 unspecified atom stereocenters. The molecule has 0 saturated heterocycles. The van der Waals surface area contributed by atoms with E-state index >= 15 is 0 Å². The van der Waals surface area contributed by atoms with Crippen LogP contribution >= 0.6 is 11.3 Å². The highest BCUT2D eigenvalue weighted by Gasteiger charge is 2.52. The Hall–Kier alpha value is -7.52. The largest absolute Gasteiger partial charge is 0.308 e. The lowest BCUT2D eigenvalue weighted by molar-refractivity contribution is 0.794. The Morgan fingerprint density at radius 1 is 0.361 bits per heavy atom. The Labute approximate surface area is 359 Å². The van der Waals surface area contributed by atoms with Gasteiger partial charge in [-0.05, 0) is 102 Å². The molecule has 2 heteroatoms. The lowest BCUT2D eigenvalue weighted by Crippen LogP contribution is -2.26. The number of thiophene rings is 1. The maximum Gasteiger partial charge on any atom is 0.0726 e. The molecule has 10 aromatic carbocycles. The summed E-state index contributed by atoms with van der Waals surface area (Å²) in [5, 5.41) is 5.18. The lowest BCUT2D eigenvalue weighted by Gasteiger charge is -2.32.